The Morgan fingerprint density at radius 1 is 1.11 bits per heavy atom. The Balaban J connectivity index is 1.63. The van der Waals surface area contributed by atoms with Gasteiger partial charge in [-0.3, -0.25) is 0 Å². The number of hydrogen-bond acceptors (Lipinski definition) is 5. The molecule has 0 saturated heterocycles. The average molecular weight is 243 g/mol. The van der Waals surface area contributed by atoms with Crippen molar-refractivity contribution in [3.63, 3.8) is 0 Å². The van der Waals surface area contributed by atoms with Gasteiger partial charge in [0.05, 0.1) is 5.69 Å². The third-order valence-corrected chi connectivity index (χ3v) is 2.73. The van der Waals surface area contributed by atoms with E-state index in [1.807, 2.05) is 30.3 Å². The summed E-state index contributed by atoms with van der Waals surface area (Å²) in [6.45, 7) is 1.69. The van der Waals surface area contributed by atoms with Crippen LogP contribution in [0, 0.1) is 0 Å². The quantitative estimate of drug-likeness (QED) is 0.881. The minimum Gasteiger partial charge on any atom is -0.454 e. The van der Waals surface area contributed by atoms with Crippen LogP contribution in [0.25, 0.3) is 0 Å². The fraction of sp³-hybridized carbons (Fsp3) is 0.231. The van der Waals surface area contributed by atoms with Gasteiger partial charge in [-0.25, -0.2) is 0 Å². The topological polar surface area (TPSA) is 56.3 Å². The van der Waals surface area contributed by atoms with Crippen LogP contribution in [-0.4, -0.2) is 17.0 Å². The molecule has 2 heterocycles. The van der Waals surface area contributed by atoms with Gasteiger partial charge < -0.3 is 14.8 Å². The molecule has 0 radical (unpaired) electrons. The molecule has 5 nitrogen and oxygen atoms in total. The fourth-order valence-electron chi connectivity index (χ4n) is 1.88. The van der Waals surface area contributed by atoms with E-state index in [9.17, 15) is 0 Å². The number of hydrogen-bond donors (Lipinski definition) is 1. The molecule has 0 saturated carbocycles. The fourth-order valence-corrected chi connectivity index (χ4v) is 1.88. The Morgan fingerprint density at radius 3 is 3.00 bits per heavy atom. The molecule has 0 aliphatic carbocycles. The van der Waals surface area contributed by atoms with Crippen molar-refractivity contribution in [3.05, 3.63) is 47.8 Å². The number of fused-ring (bicyclic) bond motifs is 1. The number of para-hydroxylation sites is 1. The highest BCUT2D eigenvalue weighted by atomic mass is 16.7. The Morgan fingerprint density at radius 2 is 2.11 bits per heavy atom. The molecular weight excluding hydrogens is 230 g/mol. The molecule has 2 aromatic rings. The zero-order chi connectivity index (χ0) is 12.2. The lowest BCUT2D eigenvalue weighted by Gasteiger charge is -2.06. The van der Waals surface area contributed by atoms with Crippen molar-refractivity contribution in [2.45, 2.75) is 13.1 Å². The summed E-state index contributed by atoms with van der Waals surface area (Å²) >= 11 is 0. The molecule has 18 heavy (non-hydrogen) atoms. The summed E-state index contributed by atoms with van der Waals surface area (Å²) in [6, 6.07) is 9.72. The summed E-state index contributed by atoms with van der Waals surface area (Å²) in [4.78, 5) is 0. The molecule has 0 spiro atoms. The van der Waals surface area contributed by atoms with Crippen LogP contribution >= 0.6 is 0 Å². The van der Waals surface area contributed by atoms with Crippen LogP contribution in [0.3, 0.4) is 0 Å². The van der Waals surface area contributed by atoms with Crippen LogP contribution in [-0.2, 0) is 13.1 Å². The lowest BCUT2D eigenvalue weighted by Crippen LogP contribution is -2.14. The maximum Gasteiger partial charge on any atom is 0.231 e. The number of nitrogens with zero attached hydrogens (tertiary/aromatic N) is 2. The average Bonchev–Trinajstić information content (AvgIpc) is 2.89. The van der Waals surface area contributed by atoms with Gasteiger partial charge >= 0.3 is 0 Å². The third kappa shape index (κ3) is 2.26. The lowest BCUT2D eigenvalue weighted by atomic mass is 10.2. The van der Waals surface area contributed by atoms with Crippen molar-refractivity contribution in [1.82, 2.24) is 15.5 Å². The van der Waals surface area contributed by atoms with E-state index in [1.54, 1.807) is 6.20 Å². The van der Waals surface area contributed by atoms with Crippen LogP contribution in [0.2, 0.25) is 0 Å². The minimum atomic E-state index is 0.302. The lowest BCUT2D eigenvalue weighted by molar-refractivity contribution is 0.173. The summed E-state index contributed by atoms with van der Waals surface area (Å²) in [5.41, 5.74) is 2.01. The molecule has 0 atom stereocenters. The van der Waals surface area contributed by atoms with Gasteiger partial charge in [0, 0.05) is 24.8 Å². The normalized spacial score (nSPS) is 12.7. The predicted molar refractivity (Wildman–Crippen MR) is 65.1 cm³/mol. The van der Waals surface area contributed by atoms with Crippen LogP contribution in [0.5, 0.6) is 11.5 Å². The Bertz CT molecular complexity index is 531. The van der Waals surface area contributed by atoms with Crippen molar-refractivity contribution in [2.24, 2.45) is 0 Å². The minimum absolute atomic E-state index is 0.302. The molecule has 92 valence electrons. The standard InChI is InChI=1S/C13H13N3O2/c1-3-10(13-12(5-1)17-9-18-13)7-14-8-11-4-2-6-15-16-11/h1-6,14H,7-9H2. The Labute approximate surface area is 105 Å². The van der Waals surface area contributed by atoms with Gasteiger partial charge in [0.15, 0.2) is 11.5 Å². The summed E-state index contributed by atoms with van der Waals surface area (Å²) in [6.07, 6.45) is 1.67. The van der Waals surface area contributed by atoms with Crippen molar-refractivity contribution in [3.8, 4) is 11.5 Å². The SMILES string of the molecule is c1cnnc(CNCc2cccc3c2OCO3)c1. The van der Waals surface area contributed by atoms with Crippen molar-refractivity contribution >= 4 is 0 Å². The van der Waals surface area contributed by atoms with Crippen molar-refractivity contribution in [2.75, 3.05) is 6.79 Å². The molecule has 1 aliphatic heterocycles. The molecule has 1 aliphatic rings. The molecular formula is C13H13N3O2. The van der Waals surface area contributed by atoms with E-state index in [2.05, 4.69) is 15.5 Å². The summed E-state index contributed by atoms with van der Waals surface area (Å²) < 4.78 is 10.8. The molecule has 1 aromatic heterocycles. The van der Waals surface area contributed by atoms with Gasteiger partial charge in [0.25, 0.3) is 0 Å². The smallest absolute Gasteiger partial charge is 0.231 e. The number of benzene rings is 1. The number of ether oxygens (including phenoxy) is 2. The largest absolute Gasteiger partial charge is 0.454 e. The molecule has 0 amide bonds. The Kier molecular flexibility index (Phi) is 3.06. The zero-order valence-corrected chi connectivity index (χ0v) is 9.80. The van der Waals surface area contributed by atoms with Gasteiger partial charge in [-0.05, 0) is 18.2 Å². The monoisotopic (exact) mass is 243 g/mol. The van der Waals surface area contributed by atoms with E-state index in [1.165, 1.54) is 0 Å². The molecule has 3 rings (SSSR count). The first kappa shape index (κ1) is 11.0. The van der Waals surface area contributed by atoms with Crippen LogP contribution < -0.4 is 14.8 Å². The number of nitrogens with one attached hydrogen (secondary N) is 1. The Hall–Kier alpha value is -2.14. The maximum atomic E-state index is 5.44. The number of aromatic nitrogens is 2. The van der Waals surface area contributed by atoms with Crippen molar-refractivity contribution in [1.29, 1.82) is 0 Å². The van der Waals surface area contributed by atoms with E-state index in [-0.39, 0.29) is 0 Å². The van der Waals surface area contributed by atoms with Gasteiger partial charge in [-0.1, -0.05) is 12.1 Å². The van der Waals surface area contributed by atoms with E-state index >= 15 is 0 Å². The van der Waals surface area contributed by atoms with Crippen LogP contribution in [0.15, 0.2) is 36.5 Å². The first-order valence-corrected chi connectivity index (χ1v) is 5.78. The van der Waals surface area contributed by atoms with Gasteiger partial charge in [0.1, 0.15) is 0 Å². The van der Waals surface area contributed by atoms with Crippen LogP contribution in [0.1, 0.15) is 11.3 Å². The highest BCUT2D eigenvalue weighted by Crippen LogP contribution is 2.35. The molecule has 1 N–H and O–H groups in total. The van der Waals surface area contributed by atoms with Gasteiger partial charge in [0.2, 0.25) is 6.79 Å². The first-order valence-electron chi connectivity index (χ1n) is 5.78. The van der Waals surface area contributed by atoms with Crippen LogP contribution in [0.4, 0.5) is 0 Å². The zero-order valence-electron chi connectivity index (χ0n) is 9.80. The van der Waals surface area contributed by atoms with E-state index < -0.39 is 0 Å². The van der Waals surface area contributed by atoms with Gasteiger partial charge in [-0.15, -0.1) is 0 Å². The number of rotatable bonds is 4. The second-order valence-electron chi connectivity index (χ2n) is 3.97. The third-order valence-electron chi connectivity index (χ3n) is 2.73. The van der Waals surface area contributed by atoms with E-state index in [4.69, 9.17) is 9.47 Å². The highest BCUT2D eigenvalue weighted by molar-refractivity contribution is 5.48. The summed E-state index contributed by atoms with van der Waals surface area (Å²) in [7, 11) is 0. The van der Waals surface area contributed by atoms with Gasteiger partial charge in [-0.2, -0.15) is 10.2 Å². The summed E-state index contributed by atoms with van der Waals surface area (Å²) in [5.74, 6) is 1.65. The molecule has 0 unspecified atom stereocenters. The second-order valence-corrected chi connectivity index (χ2v) is 3.97. The highest BCUT2D eigenvalue weighted by Gasteiger charge is 2.16. The molecule has 5 heteroatoms. The second kappa shape index (κ2) is 5.01. The summed E-state index contributed by atoms with van der Waals surface area (Å²) in [5, 5.41) is 11.2. The van der Waals surface area contributed by atoms with E-state index in [0.29, 0.717) is 19.9 Å². The molecule has 1 aromatic carbocycles. The van der Waals surface area contributed by atoms with E-state index in [0.717, 1.165) is 22.8 Å². The first-order chi connectivity index (χ1) is 8.93. The maximum absolute atomic E-state index is 5.44. The predicted octanol–water partition coefficient (Wildman–Crippen LogP) is 1.50. The van der Waals surface area contributed by atoms with Crippen molar-refractivity contribution < 1.29 is 9.47 Å². The molecule has 0 bridgehead atoms. The molecule has 0 fully saturated rings.